The van der Waals surface area contributed by atoms with Gasteiger partial charge in [-0.05, 0) is 49.4 Å². The number of ether oxygens (including phenoxy) is 3. The first kappa shape index (κ1) is 27.3. The van der Waals surface area contributed by atoms with Gasteiger partial charge in [-0.1, -0.05) is 49.4 Å². The highest BCUT2D eigenvalue weighted by Crippen LogP contribution is 2.40. The number of aliphatic imine (C=N–C) groups is 1. The van der Waals surface area contributed by atoms with Crippen LogP contribution in [0.2, 0.25) is 0 Å². The zero-order chi connectivity index (χ0) is 25.0. The largest absolute Gasteiger partial charge is 0.493 e. The molecule has 0 radical (unpaired) electrons. The molecule has 1 fully saturated rings. The Morgan fingerprint density at radius 1 is 1.03 bits per heavy atom. The van der Waals surface area contributed by atoms with E-state index in [9.17, 15) is 0 Å². The van der Waals surface area contributed by atoms with E-state index in [2.05, 4.69) is 42.2 Å². The van der Waals surface area contributed by atoms with E-state index in [1.165, 1.54) is 5.56 Å². The van der Waals surface area contributed by atoms with Gasteiger partial charge in [-0.2, -0.15) is 0 Å². The van der Waals surface area contributed by atoms with Crippen LogP contribution in [0.15, 0.2) is 53.5 Å². The summed E-state index contributed by atoms with van der Waals surface area (Å²) in [5.74, 6) is 2.03. The molecular weight excluding hydrogens is 430 g/mol. The van der Waals surface area contributed by atoms with E-state index in [1.807, 2.05) is 18.2 Å². The Morgan fingerprint density at radius 2 is 1.71 bits per heavy atom. The number of hydrogen-bond acceptors (Lipinski definition) is 7. The molecule has 8 nitrogen and oxygen atoms in total. The van der Waals surface area contributed by atoms with E-state index in [4.69, 9.17) is 36.0 Å². The molecule has 2 aromatic carbocycles. The van der Waals surface area contributed by atoms with E-state index in [-0.39, 0.29) is 11.5 Å². The minimum absolute atomic E-state index is 0.164. The van der Waals surface area contributed by atoms with Gasteiger partial charge in [0.1, 0.15) is 5.84 Å². The van der Waals surface area contributed by atoms with Crippen molar-refractivity contribution in [2.75, 3.05) is 47.6 Å². The van der Waals surface area contributed by atoms with Crippen molar-refractivity contribution in [2.24, 2.45) is 16.1 Å². The van der Waals surface area contributed by atoms with Gasteiger partial charge in [-0.15, -0.1) is 0 Å². The van der Waals surface area contributed by atoms with E-state index in [0.29, 0.717) is 23.9 Å². The third-order valence-corrected chi connectivity index (χ3v) is 6.41. The minimum atomic E-state index is -0.164. The maximum absolute atomic E-state index is 6.67. The molecule has 1 unspecified atom stereocenters. The number of likely N-dealkylation sites (tertiary alicyclic amines) is 1. The van der Waals surface area contributed by atoms with Gasteiger partial charge in [-0.25, -0.2) is 11.1 Å². The summed E-state index contributed by atoms with van der Waals surface area (Å²) >= 11 is 0. The monoisotopic (exact) mass is 469 g/mol. The Balaban J connectivity index is 0.00000199. The van der Waals surface area contributed by atoms with Crippen LogP contribution in [-0.4, -0.2) is 58.3 Å². The number of piperidine rings is 1. The predicted octanol–water partition coefficient (Wildman–Crippen LogP) is 4.69. The molecule has 34 heavy (non-hydrogen) atoms. The van der Waals surface area contributed by atoms with Crippen LogP contribution in [0.4, 0.5) is 0 Å². The molecule has 2 aromatic rings. The average Bonchev–Trinajstić information content (AvgIpc) is 2.87. The topological polar surface area (TPSA) is 117 Å². The SMILES string of the molecule is COCC1(C)CCN(C(C(N)=NCCc2ccccc2)c2cccc(OC)c2OC)CC1.N=N. The lowest BCUT2D eigenvalue weighted by Crippen LogP contribution is -2.46. The Kier molecular flexibility index (Phi) is 11.0. The van der Waals surface area contributed by atoms with Crippen LogP contribution >= 0.6 is 0 Å². The first-order valence-corrected chi connectivity index (χ1v) is 11.5. The number of hydrogen-bond donors (Lipinski definition) is 3. The first-order valence-electron chi connectivity index (χ1n) is 11.5. The van der Waals surface area contributed by atoms with Crippen molar-refractivity contribution in [2.45, 2.75) is 32.2 Å². The lowest BCUT2D eigenvalue weighted by Gasteiger charge is -2.42. The number of nitrogens with two attached hydrogens (primary N) is 1. The summed E-state index contributed by atoms with van der Waals surface area (Å²) < 4.78 is 16.8. The average molecular weight is 470 g/mol. The lowest BCUT2D eigenvalue weighted by atomic mass is 9.80. The molecule has 8 heteroatoms. The summed E-state index contributed by atoms with van der Waals surface area (Å²) in [4.78, 5) is 7.22. The zero-order valence-corrected chi connectivity index (χ0v) is 20.8. The fraction of sp³-hybridized carbons (Fsp3) is 0.500. The molecule has 1 saturated heterocycles. The minimum Gasteiger partial charge on any atom is -0.493 e. The van der Waals surface area contributed by atoms with Crippen molar-refractivity contribution in [3.05, 3.63) is 59.7 Å². The van der Waals surface area contributed by atoms with Gasteiger partial charge >= 0.3 is 0 Å². The van der Waals surface area contributed by atoms with E-state index < -0.39 is 0 Å². The van der Waals surface area contributed by atoms with Crippen LogP contribution in [0.5, 0.6) is 11.5 Å². The van der Waals surface area contributed by atoms with Gasteiger partial charge in [0.05, 0.1) is 26.9 Å². The predicted molar refractivity (Wildman–Crippen MR) is 135 cm³/mol. The maximum Gasteiger partial charge on any atom is 0.165 e. The molecule has 4 N–H and O–H groups in total. The molecule has 0 spiro atoms. The van der Waals surface area contributed by atoms with E-state index in [0.717, 1.165) is 44.5 Å². The highest BCUT2D eigenvalue weighted by Gasteiger charge is 2.36. The third kappa shape index (κ3) is 7.01. The van der Waals surface area contributed by atoms with Crippen molar-refractivity contribution in [1.82, 2.24) is 4.90 Å². The quantitative estimate of drug-likeness (QED) is 0.265. The van der Waals surface area contributed by atoms with Gasteiger partial charge in [0.2, 0.25) is 0 Å². The van der Waals surface area contributed by atoms with Crippen LogP contribution < -0.4 is 15.2 Å². The molecular formula is C26H39N5O3. The molecule has 3 rings (SSSR count). The molecule has 1 aliphatic rings. The van der Waals surface area contributed by atoms with Crippen molar-refractivity contribution in [3.8, 4) is 11.5 Å². The fourth-order valence-electron chi connectivity index (χ4n) is 4.53. The van der Waals surface area contributed by atoms with Gasteiger partial charge in [0.15, 0.2) is 11.5 Å². The summed E-state index contributed by atoms with van der Waals surface area (Å²) in [5, 5.41) is 0. The molecule has 0 aromatic heterocycles. The summed E-state index contributed by atoms with van der Waals surface area (Å²) in [6.07, 6.45) is 2.94. The molecule has 1 heterocycles. The second kappa shape index (κ2) is 13.7. The number of amidine groups is 1. The van der Waals surface area contributed by atoms with Crippen molar-refractivity contribution < 1.29 is 14.2 Å². The molecule has 1 aliphatic heterocycles. The fourth-order valence-corrected chi connectivity index (χ4v) is 4.53. The molecule has 0 aliphatic carbocycles. The number of rotatable bonds is 10. The number of nitrogens with one attached hydrogen (secondary N) is 2. The van der Waals surface area contributed by atoms with Crippen molar-refractivity contribution in [1.29, 1.82) is 11.1 Å². The molecule has 186 valence electrons. The molecule has 1 atom stereocenters. The van der Waals surface area contributed by atoms with Crippen molar-refractivity contribution in [3.63, 3.8) is 0 Å². The Morgan fingerprint density at radius 3 is 2.29 bits per heavy atom. The highest BCUT2D eigenvalue weighted by molar-refractivity contribution is 5.88. The number of benzene rings is 2. The van der Waals surface area contributed by atoms with Gasteiger partial charge in [0.25, 0.3) is 0 Å². The number of methoxy groups -OCH3 is 3. The van der Waals surface area contributed by atoms with Crippen molar-refractivity contribution >= 4 is 5.84 Å². The summed E-state index contributed by atoms with van der Waals surface area (Å²) in [6.45, 7) is 5.55. The normalized spacial score (nSPS) is 16.8. The van der Waals surface area contributed by atoms with Crippen LogP contribution in [0.25, 0.3) is 0 Å². The summed E-state index contributed by atoms with van der Waals surface area (Å²) in [6, 6.07) is 16.2. The van der Waals surface area contributed by atoms with Crippen LogP contribution in [-0.2, 0) is 11.2 Å². The Labute approximate surface area is 203 Å². The van der Waals surface area contributed by atoms with E-state index >= 15 is 0 Å². The van der Waals surface area contributed by atoms with E-state index in [1.54, 1.807) is 21.3 Å². The molecule has 0 saturated carbocycles. The highest BCUT2D eigenvalue weighted by atomic mass is 16.5. The second-order valence-electron chi connectivity index (χ2n) is 8.81. The summed E-state index contributed by atoms with van der Waals surface area (Å²) in [7, 11) is 5.11. The van der Waals surface area contributed by atoms with Crippen LogP contribution in [0.1, 0.15) is 36.9 Å². The Bertz CT molecular complexity index is 899. The molecule has 0 amide bonds. The third-order valence-electron chi connectivity index (χ3n) is 6.41. The second-order valence-corrected chi connectivity index (χ2v) is 8.81. The smallest absolute Gasteiger partial charge is 0.165 e. The molecule has 0 bridgehead atoms. The van der Waals surface area contributed by atoms with Gasteiger partial charge in [0, 0.05) is 19.2 Å². The lowest BCUT2D eigenvalue weighted by molar-refractivity contribution is 0.0284. The Hall–Kier alpha value is -2.97. The standard InChI is InChI=1S/C26H37N3O3.H2N2/c1-26(19-30-2)14-17-29(18-15-26)23(21-11-8-12-22(31-3)24(21)32-4)25(27)28-16-13-20-9-6-5-7-10-20;1-2/h5-12,23H,13-19H2,1-4H3,(H2,27,28);1-2H. The van der Waals surface area contributed by atoms with Crippen LogP contribution in [0, 0.1) is 16.5 Å². The summed E-state index contributed by atoms with van der Waals surface area (Å²) in [5.41, 5.74) is 19.1. The van der Waals surface area contributed by atoms with Gasteiger partial charge < -0.3 is 19.9 Å². The number of nitrogens with zero attached hydrogens (tertiary/aromatic N) is 2. The van der Waals surface area contributed by atoms with Crippen LogP contribution in [0.3, 0.4) is 0 Å². The first-order chi connectivity index (χ1) is 16.5. The maximum atomic E-state index is 6.67. The van der Waals surface area contributed by atoms with Gasteiger partial charge in [-0.3, -0.25) is 9.89 Å². The number of para-hydroxylation sites is 1. The zero-order valence-electron chi connectivity index (χ0n) is 20.8.